The second-order valence-corrected chi connectivity index (χ2v) is 7.84. The second-order valence-electron chi connectivity index (χ2n) is 7.40. The van der Waals surface area contributed by atoms with E-state index in [9.17, 15) is 9.59 Å². The lowest BCUT2D eigenvalue weighted by molar-refractivity contribution is -0.138. The third-order valence-electron chi connectivity index (χ3n) is 4.94. The largest absolute Gasteiger partial charge is 0.361 e. The van der Waals surface area contributed by atoms with E-state index in [-0.39, 0.29) is 11.8 Å². The van der Waals surface area contributed by atoms with Crippen LogP contribution in [-0.2, 0) is 16.0 Å². The lowest BCUT2D eigenvalue weighted by Crippen LogP contribution is -2.45. The smallest absolute Gasteiger partial charge is 0.239 e. The van der Waals surface area contributed by atoms with Gasteiger partial charge in [-0.15, -0.1) is 0 Å². The van der Waals surface area contributed by atoms with Crippen LogP contribution in [0.5, 0.6) is 0 Å². The highest BCUT2D eigenvalue weighted by Crippen LogP contribution is 2.24. The molecule has 0 saturated carbocycles. The first-order chi connectivity index (χ1) is 13.3. The van der Waals surface area contributed by atoms with Crippen molar-refractivity contribution in [2.75, 3.05) is 11.9 Å². The molecule has 1 heterocycles. The number of aromatic amines is 1. The minimum atomic E-state index is -1.21. The van der Waals surface area contributed by atoms with E-state index in [0.717, 1.165) is 22.0 Å². The van der Waals surface area contributed by atoms with Gasteiger partial charge in [-0.05, 0) is 56.5 Å². The molecule has 28 heavy (non-hydrogen) atoms. The van der Waals surface area contributed by atoms with E-state index in [1.807, 2.05) is 43.5 Å². The number of anilines is 1. The summed E-state index contributed by atoms with van der Waals surface area (Å²) in [5.74, 6) is -0.688. The molecule has 3 aromatic rings. The number of rotatable bonds is 6. The number of aryl methyl sites for hydroxylation is 1. The van der Waals surface area contributed by atoms with Gasteiger partial charge in [0.2, 0.25) is 11.8 Å². The Bertz CT molecular complexity index is 1020. The second kappa shape index (κ2) is 8.07. The highest BCUT2D eigenvalue weighted by Gasteiger charge is 2.36. The van der Waals surface area contributed by atoms with E-state index in [0.29, 0.717) is 23.7 Å². The SMILES string of the molecule is Cc1ccc(Cl)cc1NC(=O)C(C)(C)C(=O)NCCc1c[nH]c2ccccc12. The quantitative estimate of drug-likeness (QED) is 0.537. The Labute approximate surface area is 169 Å². The van der Waals surface area contributed by atoms with Crippen LogP contribution in [0.2, 0.25) is 5.02 Å². The van der Waals surface area contributed by atoms with Crippen molar-refractivity contribution in [3.05, 3.63) is 64.8 Å². The topological polar surface area (TPSA) is 74.0 Å². The van der Waals surface area contributed by atoms with E-state index in [4.69, 9.17) is 11.6 Å². The van der Waals surface area contributed by atoms with Crippen LogP contribution in [0, 0.1) is 12.3 Å². The molecule has 146 valence electrons. The lowest BCUT2D eigenvalue weighted by Gasteiger charge is -2.23. The van der Waals surface area contributed by atoms with Crippen LogP contribution in [0.25, 0.3) is 10.9 Å². The molecule has 6 heteroatoms. The number of fused-ring (bicyclic) bond motifs is 1. The average molecular weight is 398 g/mol. The van der Waals surface area contributed by atoms with Gasteiger partial charge in [-0.25, -0.2) is 0 Å². The minimum Gasteiger partial charge on any atom is -0.361 e. The first kappa shape index (κ1) is 20.0. The van der Waals surface area contributed by atoms with Crippen molar-refractivity contribution in [1.82, 2.24) is 10.3 Å². The summed E-state index contributed by atoms with van der Waals surface area (Å²) in [5.41, 5.74) is 2.48. The first-order valence-electron chi connectivity index (χ1n) is 9.20. The van der Waals surface area contributed by atoms with Crippen molar-refractivity contribution in [3.63, 3.8) is 0 Å². The monoisotopic (exact) mass is 397 g/mol. The van der Waals surface area contributed by atoms with E-state index >= 15 is 0 Å². The molecule has 2 aromatic carbocycles. The van der Waals surface area contributed by atoms with Gasteiger partial charge in [0.25, 0.3) is 0 Å². The number of halogens is 1. The van der Waals surface area contributed by atoms with Gasteiger partial charge in [0.1, 0.15) is 5.41 Å². The number of hydrogen-bond acceptors (Lipinski definition) is 2. The molecular weight excluding hydrogens is 374 g/mol. The summed E-state index contributed by atoms with van der Waals surface area (Å²) in [5, 5.41) is 7.36. The predicted octanol–water partition coefficient (Wildman–Crippen LogP) is 4.45. The van der Waals surface area contributed by atoms with Crippen LogP contribution < -0.4 is 10.6 Å². The summed E-state index contributed by atoms with van der Waals surface area (Å²) in [6.07, 6.45) is 2.64. The summed E-state index contributed by atoms with van der Waals surface area (Å²) in [4.78, 5) is 28.5. The summed E-state index contributed by atoms with van der Waals surface area (Å²) in [7, 11) is 0. The standard InChI is InChI=1S/C22H24ClN3O2/c1-14-8-9-16(23)12-19(14)26-21(28)22(2,3)20(27)24-11-10-15-13-25-18-7-5-4-6-17(15)18/h4-9,12-13,25H,10-11H2,1-3H3,(H,24,27)(H,26,28). The van der Waals surface area contributed by atoms with Crippen molar-refractivity contribution < 1.29 is 9.59 Å². The molecule has 0 unspecified atom stereocenters. The molecule has 0 aliphatic heterocycles. The van der Waals surface area contributed by atoms with E-state index in [1.165, 1.54) is 0 Å². The van der Waals surface area contributed by atoms with Gasteiger partial charge in [-0.2, -0.15) is 0 Å². The van der Waals surface area contributed by atoms with Gasteiger partial charge in [-0.3, -0.25) is 9.59 Å². The molecule has 1 aromatic heterocycles. The Hall–Kier alpha value is -2.79. The predicted molar refractivity (Wildman–Crippen MR) is 114 cm³/mol. The van der Waals surface area contributed by atoms with Crippen LogP contribution >= 0.6 is 11.6 Å². The highest BCUT2D eigenvalue weighted by atomic mass is 35.5. The molecule has 0 aliphatic carbocycles. The zero-order valence-corrected chi connectivity index (χ0v) is 17.0. The molecule has 3 rings (SSSR count). The number of aromatic nitrogens is 1. The van der Waals surface area contributed by atoms with Gasteiger partial charge in [0, 0.05) is 34.4 Å². The average Bonchev–Trinajstić information content (AvgIpc) is 3.07. The number of H-pyrrole nitrogens is 1. The van der Waals surface area contributed by atoms with Gasteiger partial charge in [0.15, 0.2) is 0 Å². The van der Waals surface area contributed by atoms with Gasteiger partial charge < -0.3 is 15.6 Å². The Kier molecular flexibility index (Phi) is 5.75. The molecule has 0 fully saturated rings. The molecule has 0 radical (unpaired) electrons. The van der Waals surface area contributed by atoms with Crippen LogP contribution in [0.3, 0.4) is 0 Å². The molecule has 0 atom stereocenters. The maximum Gasteiger partial charge on any atom is 0.239 e. The fourth-order valence-corrected chi connectivity index (χ4v) is 3.15. The maximum atomic E-state index is 12.7. The normalized spacial score (nSPS) is 11.4. The minimum absolute atomic E-state index is 0.315. The van der Waals surface area contributed by atoms with Gasteiger partial charge in [0.05, 0.1) is 0 Å². The van der Waals surface area contributed by atoms with E-state index in [2.05, 4.69) is 15.6 Å². The number of carbonyl (C=O) groups is 2. The third-order valence-corrected chi connectivity index (χ3v) is 5.17. The summed E-state index contributed by atoms with van der Waals surface area (Å²) in [6.45, 7) is 5.56. The molecule has 0 saturated heterocycles. The van der Waals surface area contributed by atoms with Gasteiger partial charge >= 0.3 is 0 Å². The van der Waals surface area contributed by atoms with Crippen LogP contribution in [0.15, 0.2) is 48.7 Å². The lowest BCUT2D eigenvalue weighted by atomic mass is 9.90. The van der Waals surface area contributed by atoms with E-state index in [1.54, 1.807) is 26.0 Å². The van der Waals surface area contributed by atoms with E-state index < -0.39 is 5.41 Å². The summed E-state index contributed by atoms with van der Waals surface area (Å²) < 4.78 is 0. The molecule has 0 spiro atoms. The Morgan fingerprint density at radius 2 is 1.86 bits per heavy atom. The van der Waals surface area contributed by atoms with Crippen molar-refractivity contribution >= 4 is 40.0 Å². The number of benzene rings is 2. The van der Waals surface area contributed by atoms with Crippen molar-refractivity contribution in [2.45, 2.75) is 27.2 Å². The third kappa shape index (κ3) is 4.20. The molecule has 3 N–H and O–H groups in total. The Balaban J connectivity index is 1.60. The van der Waals surface area contributed by atoms with Crippen LogP contribution in [-0.4, -0.2) is 23.3 Å². The van der Waals surface area contributed by atoms with Crippen molar-refractivity contribution in [1.29, 1.82) is 0 Å². The number of carbonyl (C=O) groups excluding carboxylic acids is 2. The highest BCUT2D eigenvalue weighted by molar-refractivity contribution is 6.31. The molecule has 2 amide bonds. The number of hydrogen-bond donors (Lipinski definition) is 3. The maximum absolute atomic E-state index is 12.7. The summed E-state index contributed by atoms with van der Waals surface area (Å²) in [6, 6.07) is 13.3. The molecule has 5 nitrogen and oxygen atoms in total. The zero-order valence-electron chi connectivity index (χ0n) is 16.2. The van der Waals surface area contributed by atoms with Crippen LogP contribution in [0.1, 0.15) is 25.0 Å². The Morgan fingerprint density at radius 3 is 2.64 bits per heavy atom. The zero-order chi connectivity index (χ0) is 20.3. The fourth-order valence-electron chi connectivity index (χ4n) is 2.98. The molecular formula is C22H24ClN3O2. The Morgan fingerprint density at radius 1 is 1.11 bits per heavy atom. The number of para-hydroxylation sites is 1. The first-order valence-corrected chi connectivity index (χ1v) is 9.58. The molecule has 0 bridgehead atoms. The fraction of sp³-hybridized carbons (Fsp3) is 0.273. The van der Waals surface area contributed by atoms with Crippen molar-refractivity contribution in [3.8, 4) is 0 Å². The van der Waals surface area contributed by atoms with Crippen molar-refractivity contribution in [2.24, 2.45) is 5.41 Å². The number of amides is 2. The summed E-state index contributed by atoms with van der Waals surface area (Å²) >= 11 is 6.00. The molecule has 0 aliphatic rings. The van der Waals surface area contributed by atoms with Gasteiger partial charge in [-0.1, -0.05) is 35.9 Å². The number of nitrogens with one attached hydrogen (secondary N) is 3. The van der Waals surface area contributed by atoms with Crippen LogP contribution in [0.4, 0.5) is 5.69 Å².